The third-order valence-electron chi connectivity index (χ3n) is 5.12. The second kappa shape index (κ2) is 7.68. The first-order valence-corrected chi connectivity index (χ1v) is 9.34. The lowest BCUT2D eigenvalue weighted by molar-refractivity contribution is 0.0746. The highest BCUT2D eigenvalue weighted by atomic mass is 16.2. The molecule has 0 N–H and O–H groups in total. The molecule has 7 nitrogen and oxygen atoms in total. The Bertz CT molecular complexity index is 721. The summed E-state index contributed by atoms with van der Waals surface area (Å²) >= 11 is 0. The number of carbonyl (C=O) groups excluding carboxylic acids is 1. The molecule has 4 rings (SSSR count). The van der Waals surface area contributed by atoms with Crippen molar-refractivity contribution in [2.75, 3.05) is 49.1 Å². The van der Waals surface area contributed by atoms with Gasteiger partial charge in [-0.1, -0.05) is 0 Å². The van der Waals surface area contributed by atoms with Crippen LogP contribution in [0.2, 0.25) is 0 Å². The van der Waals surface area contributed by atoms with Crippen molar-refractivity contribution in [2.24, 2.45) is 0 Å². The monoisotopic (exact) mass is 352 g/mol. The summed E-state index contributed by atoms with van der Waals surface area (Å²) in [5.41, 5.74) is 0.645. The van der Waals surface area contributed by atoms with E-state index < -0.39 is 0 Å². The first-order chi connectivity index (χ1) is 12.8. The highest BCUT2D eigenvalue weighted by molar-refractivity contribution is 5.94. The van der Waals surface area contributed by atoms with Crippen LogP contribution in [0.5, 0.6) is 0 Å². The van der Waals surface area contributed by atoms with Gasteiger partial charge in [0.1, 0.15) is 0 Å². The number of piperazine rings is 1. The van der Waals surface area contributed by atoms with E-state index in [1.165, 1.54) is 19.3 Å². The number of amides is 1. The maximum Gasteiger partial charge on any atom is 0.255 e. The maximum atomic E-state index is 12.5. The molecule has 2 aliphatic heterocycles. The van der Waals surface area contributed by atoms with Gasteiger partial charge in [-0.05, 0) is 43.5 Å². The van der Waals surface area contributed by atoms with Crippen LogP contribution in [0.15, 0.2) is 36.7 Å². The molecule has 2 saturated heterocycles. The van der Waals surface area contributed by atoms with Gasteiger partial charge in [0.2, 0.25) is 0 Å². The first-order valence-electron chi connectivity index (χ1n) is 9.34. The Balaban J connectivity index is 1.35. The molecule has 2 aromatic heterocycles. The van der Waals surface area contributed by atoms with Crippen LogP contribution in [0.4, 0.5) is 11.6 Å². The summed E-state index contributed by atoms with van der Waals surface area (Å²) in [6.07, 6.45) is 7.08. The fraction of sp³-hybridized carbons (Fsp3) is 0.474. The van der Waals surface area contributed by atoms with Crippen molar-refractivity contribution in [3.63, 3.8) is 0 Å². The molecule has 0 aromatic carbocycles. The normalized spacial score (nSPS) is 18.1. The van der Waals surface area contributed by atoms with Crippen molar-refractivity contribution in [3.8, 4) is 0 Å². The smallest absolute Gasteiger partial charge is 0.255 e. The van der Waals surface area contributed by atoms with E-state index in [2.05, 4.69) is 37.1 Å². The Hall–Kier alpha value is -2.70. The zero-order valence-corrected chi connectivity index (χ0v) is 14.9. The van der Waals surface area contributed by atoms with Gasteiger partial charge in [0.25, 0.3) is 5.91 Å². The van der Waals surface area contributed by atoms with E-state index >= 15 is 0 Å². The van der Waals surface area contributed by atoms with Gasteiger partial charge >= 0.3 is 0 Å². The van der Waals surface area contributed by atoms with Gasteiger partial charge in [0.05, 0.1) is 5.56 Å². The quantitative estimate of drug-likeness (QED) is 0.840. The molecule has 0 atom stereocenters. The number of hydrogen-bond acceptors (Lipinski definition) is 6. The van der Waals surface area contributed by atoms with E-state index in [1.54, 1.807) is 18.5 Å². The lowest BCUT2D eigenvalue weighted by Crippen LogP contribution is -2.49. The molecule has 0 radical (unpaired) electrons. The van der Waals surface area contributed by atoms with Crippen molar-refractivity contribution in [3.05, 3.63) is 42.2 Å². The Kier molecular flexibility index (Phi) is 4.95. The average molecular weight is 352 g/mol. The maximum absolute atomic E-state index is 12.5. The molecular formula is C19H24N6O. The molecule has 7 heteroatoms. The van der Waals surface area contributed by atoms with Crippen molar-refractivity contribution in [1.29, 1.82) is 0 Å². The van der Waals surface area contributed by atoms with Gasteiger partial charge in [-0.3, -0.25) is 9.78 Å². The fourth-order valence-electron chi connectivity index (χ4n) is 3.59. The topological polar surface area (TPSA) is 65.5 Å². The van der Waals surface area contributed by atoms with Crippen molar-refractivity contribution in [2.45, 2.75) is 19.3 Å². The summed E-state index contributed by atoms with van der Waals surface area (Å²) in [5.74, 6) is 1.90. The van der Waals surface area contributed by atoms with E-state index in [4.69, 9.17) is 0 Å². The molecule has 4 heterocycles. The van der Waals surface area contributed by atoms with E-state index in [-0.39, 0.29) is 5.91 Å². The summed E-state index contributed by atoms with van der Waals surface area (Å²) in [7, 11) is 0. The van der Waals surface area contributed by atoms with Crippen molar-refractivity contribution < 1.29 is 4.79 Å². The predicted molar refractivity (Wildman–Crippen MR) is 100 cm³/mol. The van der Waals surface area contributed by atoms with Crippen LogP contribution in [0.1, 0.15) is 29.6 Å². The van der Waals surface area contributed by atoms with Crippen LogP contribution in [0.3, 0.4) is 0 Å². The summed E-state index contributed by atoms with van der Waals surface area (Å²) in [6, 6.07) is 7.73. The Morgan fingerprint density at radius 2 is 1.46 bits per heavy atom. The highest BCUT2D eigenvalue weighted by Gasteiger charge is 2.23. The number of carbonyl (C=O) groups is 1. The van der Waals surface area contributed by atoms with Crippen LogP contribution in [-0.2, 0) is 0 Å². The van der Waals surface area contributed by atoms with Crippen LogP contribution >= 0.6 is 0 Å². The number of pyridine rings is 1. The predicted octanol–water partition coefficient (Wildman–Crippen LogP) is 1.82. The van der Waals surface area contributed by atoms with Gasteiger partial charge in [-0.15, -0.1) is 10.2 Å². The number of rotatable bonds is 3. The largest absolute Gasteiger partial charge is 0.355 e. The van der Waals surface area contributed by atoms with E-state index in [1.807, 2.05) is 11.0 Å². The van der Waals surface area contributed by atoms with E-state index in [0.29, 0.717) is 18.7 Å². The Labute approximate surface area is 153 Å². The third-order valence-corrected chi connectivity index (χ3v) is 5.12. The zero-order valence-electron chi connectivity index (χ0n) is 14.9. The van der Waals surface area contributed by atoms with E-state index in [9.17, 15) is 4.79 Å². The molecule has 2 fully saturated rings. The number of hydrogen-bond donors (Lipinski definition) is 0. The molecule has 26 heavy (non-hydrogen) atoms. The van der Waals surface area contributed by atoms with Gasteiger partial charge in [0.15, 0.2) is 11.6 Å². The van der Waals surface area contributed by atoms with Gasteiger partial charge in [-0.25, -0.2) is 0 Å². The van der Waals surface area contributed by atoms with Gasteiger partial charge in [-0.2, -0.15) is 0 Å². The van der Waals surface area contributed by atoms with Gasteiger partial charge in [0, 0.05) is 51.7 Å². The third kappa shape index (κ3) is 3.61. The SMILES string of the molecule is O=C(c1cccnc1)N1CCN(c2ccc(N3CCCCC3)nn2)CC1. The van der Waals surface area contributed by atoms with Crippen molar-refractivity contribution in [1.82, 2.24) is 20.1 Å². The molecule has 1 amide bonds. The molecule has 0 unspecified atom stereocenters. The molecule has 0 bridgehead atoms. The lowest BCUT2D eigenvalue weighted by Gasteiger charge is -2.35. The molecular weight excluding hydrogens is 328 g/mol. The summed E-state index contributed by atoms with van der Waals surface area (Å²) in [4.78, 5) is 22.9. The Morgan fingerprint density at radius 3 is 2.04 bits per heavy atom. The summed E-state index contributed by atoms with van der Waals surface area (Å²) in [5, 5.41) is 8.85. The number of nitrogens with zero attached hydrogens (tertiary/aromatic N) is 6. The molecule has 0 aliphatic carbocycles. The second-order valence-electron chi connectivity index (χ2n) is 6.82. The minimum Gasteiger partial charge on any atom is -0.355 e. The van der Waals surface area contributed by atoms with Crippen LogP contribution in [-0.4, -0.2) is 65.3 Å². The number of aromatic nitrogens is 3. The minimum absolute atomic E-state index is 0.0456. The summed E-state index contributed by atoms with van der Waals surface area (Å²) in [6.45, 7) is 5.05. The molecule has 136 valence electrons. The summed E-state index contributed by atoms with van der Waals surface area (Å²) < 4.78 is 0. The van der Waals surface area contributed by atoms with Crippen LogP contribution < -0.4 is 9.80 Å². The van der Waals surface area contributed by atoms with Crippen LogP contribution in [0.25, 0.3) is 0 Å². The number of piperidine rings is 1. The molecule has 0 spiro atoms. The lowest BCUT2D eigenvalue weighted by atomic mass is 10.1. The molecule has 0 saturated carbocycles. The van der Waals surface area contributed by atoms with Crippen LogP contribution in [0, 0.1) is 0 Å². The highest BCUT2D eigenvalue weighted by Crippen LogP contribution is 2.20. The zero-order chi connectivity index (χ0) is 17.8. The first kappa shape index (κ1) is 16.8. The average Bonchev–Trinajstić information content (AvgIpc) is 2.75. The standard InChI is InChI=1S/C19H24N6O/c26-19(16-5-4-8-20-15-16)25-13-11-24(12-14-25)18-7-6-17(21-22-18)23-9-2-1-3-10-23/h4-8,15H,1-3,9-14H2. The van der Waals surface area contributed by atoms with Gasteiger partial charge < -0.3 is 14.7 Å². The number of anilines is 2. The second-order valence-corrected chi connectivity index (χ2v) is 6.82. The Morgan fingerprint density at radius 1 is 0.808 bits per heavy atom. The molecule has 2 aliphatic rings. The van der Waals surface area contributed by atoms with Crippen molar-refractivity contribution >= 4 is 17.5 Å². The molecule has 2 aromatic rings. The minimum atomic E-state index is 0.0456. The van der Waals surface area contributed by atoms with E-state index in [0.717, 1.165) is 37.8 Å². The fourth-order valence-corrected chi connectivity index (χ4v) is 3.59.